The number of hydrogen-bond donors (Lipinski definition) is 2. The van der Waals surface area contributed by atoms with E-state index in [0.29, 0.717) is 5.95 Å². The Labute approximate surface area is 88.1 Å². The maximum Gasteiger partial charge on any atom is 0.197 e. The van der Waals surface area contributed by atoms with Gasteiger partial charge in [-0.1, -0.05) is 0 Å². The highest BCUT2D eigenvalue weighted by Gasteiger charge is 2.09. The van der Waals surface area contributed by atoms with Crippen LogP contribution < -0.4 is 5.73 Å². The average molecular weight is 258 g/mol. The van der Waals surface area contributed by atoms with Gasteiger partial charge in [-0.25, -0.2) is 4.98 Å². The minimum atomic E-state index is 0.452. The van der Waals surface area contributed by atoms with Gasteiger partial charge in [0.25, 0.3) is 0 Å². The summed E-state index contributed by atoms with van der Waals surface area (Å²) < 4.78 is 1.11. The van der Waals surface area contributed by atoms with Crippen LogP contribution >= 0.6 is 27.3 Å². The van der Waals surface area contributed by atoms with E-state index >= 15 is 0 Å². The molecule has 0 atom stereocenters. The Kier molecular flexibility index (Phi) is 2.13. The summed E-state index contributed by atoms with van der Waals surface area (Å²) in [7, 11) is 0. The van der Waals surface area contributed by atoms with Crippen LogP contribution in [0.25, 0.3) is 10.6 Å². The summed E-state index contributed by atoms with van der Waals surface area (Å²) in [6.45, 7) is 2.06. The van der Waals surface area contributed by atoms with Gasteiger partial charge < -0.3 is 10.7 Å². The van der Waals surface area contributed by atoms with Crippen LogP contribution in [0.2, 0.25) is 0 Å². The highest BCUT2D eigenvalue weighted by molar-refractivity contribution is 9.10. The predicted octanol–water partition coefficient (Wildman–Crippen LogP) is 2.79. The van der Waals surface area contributed by atoms with Gasteiger partial charge in [-0.05, 0) is 33.8 Å². The van der Waals surface area contributed by atoms with E-state index in [0.717, 1.165) is 15.0 Å². The maximum absolute atomic E-state index is 5.50. The molecule has 0 saturated carbocycles. The lowest BCUT2D eigenvalue weighted by Gasteiger charge is -1.93. The number of thiophene rings is 1. The summed E-state index contributed by atoms with van der Waals surface area (Å²) in [5, 5.41) is 2.09. The lowest BCUT2D eigenvalue weighted by molar-refractivity contribution is 1.33. The number of nitrogens with zero attached hydrogens (tertiary/aromatic N) is 1. The van der Waals surface area contributed by atoms with Crippen LogP contribution in [-0.2, 0) is 0 Å². The number of nitrogens with one attached hydrogen (secondary N) is 1. The average Bonchev–Trinajstić information content (AvgIpc) is 2.62. The summed E-state index contributed by atoms with van der Waals surface area (Å²) in [4.78, 5) is 8.09. The molecule has 3 nitrogen and oxygen atoms in total. The first kappa shape index (κ1) is 8.77. The smallest absolute Gasteiger partial charge is 0.197 e. The number of rotatable bonds is 1. The Hall–Kier alpha value is -0.810. The van der Waals surface area contributed by atoms with E-state index in [-0.39, 0.29) is 0 Å². The van der Waals surface area contributed by atoms with Gasteiger partial charge in [0, 0.05) is 4.47 Å². The standard InChI is InChI=1S/C8H8BrN3S/c1-4-3-13-7(6(4)9)5-2-11-8(10)12-5/h2-3H,1H3,(H3,10,11,12). The molecule has 2 aromatic heterocycles. The highest BCUT2D eigenvalue weighted by atomic mass is 79.9. The minimum absolute atomic E-state index is 0.452. The van der Waals surface area contributed by atoms with Crippen LogP contribution in [0.15, 0.2) is 16.0 Å². The van der Waals surface area contributed by atoms with E-state index in [1.54, 1.807) is 17.5 Å². The number of H-pyrrole nitrogens is 1. The number of aromatic amines is 1. The maximum atomic E-state index is 5.50. The molecule has 0 radical (unpaired) electrons. The Bertz CT molecular complexity index is 432. The van der Waals surface area contributed by atoms with Gasteiger partial charge in [0.05, 0.1) is 16.8 Å². The molecule has 13 heavy (non-hydrogen) atoms. The van der Waals surface area contributed by atoms with Gasteiger partial charge in [-0.2, -0.15) is 0 Å². The summed E-state index contributed by atoms with van der Waals surface area (Å²) >= 11 is 5.19. The summed E-state index contributed by atoms with van der Waals surface area (Å²) in [6, 6.07) is 0. The molecule has 0 saturated heterocycles. The predicted molar refractivity (Wildman–Crippen MR) is 58.8 cm³/mol. The molecule has 0 aliphatic carbocycles. The zero-order valence-electron chi connectivity index (χ0n) is 6.97. The molecule has 2 rings (SSSR count). The molecule has 2 aromatic rings. The molecule has 0 aromatic carbocycles. The second kappa shape index (κ2) is 3.16. The van der Waals surface area contributed by atoms with E-state index in [1.807, 2.05) is 0 Å². The summed E-state index contributed by atoms with van der Waals surface area (Å²) in [5.41, 5.74) is 7.69. The summed E-state index contributed by atoms with van der Waals surface area (Å²) in [6.07, 6.45) is 1.74. The first-order chi connectivity index (χ1) is 6.18. The van der Waals surface area contributed by atoms with E-state index < -0.39 is 0 Å². The van der Waals surface area contributed by atoms with Crippen LogP contribution in [0, 0.1) is 6.92 Å². The quantitative estimate of drug-likeness (QED) is 0.826. The van der Waals surface area contributed by atoms with Crippen molar-refractivity contribution in [2.24, 2.45) is 0 Å². The van der Waals surface area contributed by atoms with Crippen molar-refractivity contribution < 1.29 is 0 Å². The third kappa shape index (κ3) is 1.49. The third-order valence-corrected chi connectivity index (χ3v) is 4.15. The van der Waals surface area contributed by atoms with Crippen molar-refractivity contribution in [3.8, 4) is 10.6 Å². The van der Waals surface area contributed by atoms with Gasteiger partial charge in [-0.3, -0.25) is 0 Å². The molecule has 0 bridgehead atoms. The Morgan fingerprint density at radius 1 is 1.62 bits per heavy atom. The molecular formula is C8H8BrN3S. The van der Waals surface area contributed by atoms with E-state index in [9.17, 15) is 0 Å². The molecule has 0 fully saturated rings. The van der Waals surface area contributed by atoms with E-state index in [1.165, 1.54) is 5.56 Å². The topological polar surface area (TPSA) is 54.7 Å². The molecule has 0 aliphatic rings. The van der Waals surface area contributed by atoms with Crippen LogP contribution in [0.1, 0.15) is 5.56 Å². The number of nitrogens with two attached hydrogens (primary N) is 1. The molecular weight excluding hydrogens is 250 g/mol. The second-order valence-corrected chi connectivity index (χ2v) is 4.42. The Morgan fingerprint density at radius 3 is 2.85 bits per heavy atom. The van der Waals surface area contributed by atoms with Crippen LogP contribution in [0.3, 0.4) is 0 Å². The molecule has 0 amide bonds. The van der Waals surface area contributed by atoms with Crippen molar-refractivity contribution in [2.75, 3.05) is 5.73 Å². The number of aromatic nitrogens is 2. The van der Waals surface area contributed by atoms with Crippen molar-refractivity contribution in [3.05, 3.63) is 21.6 Å². The van der Waals surface area contributed by atoms with Crippen molar-refractivity contribution in [1.82, 2.24) is 9.97 Å². The van der Waals surface area contributed by atoms with Crippen LogP contribution in [-0.4, -0.2) is 9.97 Å². The Balaban J connectivity index is 2.52. The van der Waals surface area contributed by atoms with E-state index in [2.05, 4.69) is 38.2 Å². The van der Waals surface area contributed by atoms with Crippen molar-refractivity contribution in [1.29, 1.82) is 0 Å². The monoisotopic (exact) mass is 257 g/mol. The molecule has 0 unspecified atom stereocenters. The van der Waals surface area contributed by atoms with Gasteiger partial charge in [0.15, 0.2) is 5.95 Å². The van der Waals surface area contributed by atoms with Gasteiger partial charge >= 0.3 is 0 Å². The third-order valence-electron chi connectivity index (χ3n) is 1.74. The number of imidazole rings is 1. The zero-order chi connectivity index (χ0) is 9.42. The lowest BCUT2D eigenvalue weighted by atomic mass is 10.3. The van der Waals surface area contributed by atoms with Crippen LogP contribution in [0.5, 0.6) is 0 Å². The molecule has 0 spiro atoms. The van der Waals surface area contributed by atoms with Gasteiger partial charge in [0.2, 0.25) is 0 Å². The first-order valence-corrected chi connectivity index (χ1v) is 5.40. The van der Waals surface area contributed by atoms with Gasteiger partial charge in [-0.15, -0.1) is 11.3 Å². The largest absolute Gasteiger partial charge is 0.369 e. The van der Waals surface area contributed by atoms with Crippen molar-refractivity contribution in [2.45, 2.75) is 6.92 Å². The molecule has 3 N–H and O–H groups in total. The molecule has 0 aliphatic heterocycles. The van der Waals surface area contributed by atoms with E-state index in [4.69, 9.17) is 5.73 Å². The number of halogens is 1. The van der Waals surface area contributed by atoms with Crippen LogP contribution in [0.4, 0.5) is 5.95 Å². The Morgan fingerprint density at radius 2 is 2.38 bits per heavy atom. The van der Waals surface area contributed by atoms with Crippen molar-refractivity contribution >= 4 is 33.2 Å². The number of hydrogen-bond acceptors (Lipinski definition) is 3. The first-order valence-electron chi connectivity index (χ1n) is 3.73. The fourth-order valence-electron chi connectivity index (χ4n) is 1.06. The number of anilines is 1. The normalized spacial score (nSPS) is 10.6. The minimum Gasteiger partial charge on any atom is -0.369 e. The SMILES string of the molecule is Cc1csc(-c2cnc(N)[nH]2)c1Br. The lowest BCUT2D eigenvalue weighted by Crippen LogP contribution is -1.85. The fourth-order valence-corrected chi connectivity index (χ4v) is 2.73. The second-order valence-electron chi connectivity index (χ2n) is 2.74. The molecule has 5 heteroatoms. The highest BCUT2D eigenvalue weighted by Crippen LogP contribution is 2.35. The van der Waals surface area contributed by atoms with Gasteiger partial charge in [0.1, 0.15) is 0 Å². The summed E-state index contributed by atoms with van der Waals surface area (Å²) in [5.74, 6) is 0.452. The molecule has 68 valence electrons. The molecule has 2 heterocycles. The van der Waals surface area contributed by atoms with Crippen molar-refractivity contribution in [3.63, 3.8) is 0 Å². The zero-order valence-corrected chi connectivity index (χ0v) is 9.37. The fraction of sp³-hybridized carbons (Fsp3) is 0.125. The number of nitrogen functional groups attached to an aromatic ring is 1. The number of aryl methyl sites for hydroxylation is 1.